The molecule has 0 aliphatic carbocycles. The van der Waals surface area contributed by atoms with Crippen LogP contribution in [0.1, 0.15) is 24.5 Å². The van der Waals surface area contributed by atoms with E-state index in [0.29, 0.717) is 0 Å². The summed E-state index contributed by atoms with van der Waals surface area (Å²) in [6, 6.07) is 4.16. The highest BCUT2D eigenvalue weighted by Crippen LogP contribution is 2.10. The smallest absolute Gasteiger partial charge is 0.0594 e. The van der Waals surface area contributed by atoms with E-state index in [1.165, 1.54) is 17.5 Å². The van der Waals surface area contributed by atoms with Gasteiger partial charge in [0.2, 0.25) is 0 Å². The zero-order valence-electron chi connectivity index (χ0n) is 15.2. The summed E-state index contributed by atoms with van der Waals surface area (Å²) < 4.78 is 7.42. The Kier molecular flexibility index (Phi) is 6.97. The molecular weight excluding hydrogens is 314 g/mol. The second-order valence-corrected chi connectivity index (χ2v) is 6.58. The fourth-order valence-electron chi connectivity index (χ4n) is 3.23. The molecular formula is C19H29N5O. The number of aromatic nitrogens is 3. The molecule has 0 amide bonds. The Morgan fingerprint density at radius 2 is 2.00 bits per heavy atom. The summed E-state index contributed by atoms with van der Waals surface area (Å²) in [7, 11) is 0. The van der Waals surface area contributed by atoms with Crippen LogP contribution < -0.4 is 0 Å². The highest BCUT2D eigenvalue weighted by Gasteiger charge is 2.12. The number of aryl methyl sites for hydroxylation is 1. The highest BCUT2D eigenvalue weighted by molar-refractivity contribution is 5.09. The Balaban J connectivity index is 1.55. The van der Waals surface area contributed by atoms with E-state index in [4.69, 9.17) is 4.74 Å². The van der Waals surface area contributed by atoms with Crippen molar-refractivity contribution in [3.05, 3.63) is 48.0 Å². The Morgan fingerprint density at radius 1 is 1.16 bits per heavy atom. The summed E-state index contributed by atoms with van der Waals surface area (Å²) in [6.45, 7) is 11.0. The predicted octanol–water partition coefficient (Wildman–Crippen LogP) is 2.02. The first-order valence-electron chi connectivity index (χ1n) is 9.26. The van der Waals surface area contributed by atoms with E-state index in [-0.39, 0.29) is 0 Å². The molecule has 25 heavy (non-hydrogen) atoms. The maximum absolute atomic E-state index is 5.43. The molecule has 0 atom stereocenters. The van der Waals surface area contributed by atoms with Gasteiger partial charge in [0.15, 0.2) is 0 Å². The summed E-state index contributed by atoms with van der Waals surface area (Å²) in [5, 5.41) is 4.40. The van der Waals surface area contributed by atoms with Crippen LogP contribution in [0.5, 0.6) is 0 Å². The van der Waals surface area contributed by atoms with Gasteiger partial charge in [-0.05, 0) is 31.5 Å². The molecule has 6 nitrogen and oxygen atoms in total. The maximum Gasteiger partial charge on any atom is 0.0594 e. The van der Waals surface area contributed by atoms with Gasteiger partial charge in [-0.3, -0.25) is 19.5 Å². The molecule has 0 bridgehead atoms. The van der Waals surface area contributed by atoms with Gasteiger partial charge < -0.3 is 4.74 Å². The first-order valence-corrected chi connectivity index (χ1v) is 9.26. The minimum Gasteiger partial charge on any atom is -0.379 e. The number of ether oxygens (including phenoxy) is 1. The second-order valence-electron chi connectivity index (χ2n) is 6.58. The van der Waals surface area contributed by atoms with Crippen molar-refractivity contribution < 1.29 is 4.74 Å². The third kappa shape index (κ3) is 5.92. The summed E-state index contributed by atoms with van der Waals surface area (Å²) in [6.07, 6.45) is 9.10. The lowest BCUT2D eigenvalue weighted by atomic mass is 10.2. The van der Waals surface area contributed by atoms with Gasteiger partial charge in [-0.15, -0.1) is 0 Å². The lowest BCUT2D eigenvalue weighted by Crippen LogP contribution is -2.38. The average Bonchev–Trinajstić information content (AvgIpc) is 3.11. The van der Waals surface area contributed by atoms with Crippen molar-refractivity contribution >= 4 is 0 Å². The fourth-order valence-corrected chi connectivity index (χ4v) is 3.23. The van der Waals surface area contributed by atoms with E-state index in [2.05, 4.69) is 39.1 Å². The van der Waals surface area contributed by atoms with Crippen molar-refractivity contribution in [2.24, 2.45) is 0 Å². The van der Waals surface area contributed by atoms with Crippen LogP contribution in [-0.2, 0) is 24.4 Å². The van der Waals surface area contributed by atoms with E-state index in [9.17, 15) is 0 Å². The number of morpholine rings is 1. The Bertz CT molecular complexity index is 609. The first-order chi connectivity index (χ1) is 12.3. The van der Waals surface area contributed by atoms with Gasteiger partial charge in [-0.25, -0.2) is 0 Å². The molecule has 2 aromatic heterocycles. The molecule has 6 heteroatoms. The highest BCUT2D eigenvalue weighted by atomic mass is 16.5. The third-order valence-corrected chi connectivity index (χ3v) is 4.60. The lowest BCUT2D eigenvalue weighted by molar-refractivity contribution is 0.0359. The van der Waals surface area contributed by atoms with E-state index in [1.807, 2.05) is 29.3 Å². The molecule has 3 rings (SSSR count). The van der Waals surface area contributed by atoms with Gasteiger partial charge in [0.05, 0.1) is 19.4 Å². The van der Waals surface area contributed by atoms with Crippen LogP contribution in [0.3, 0.4) is 0 Å². The van der Waals surface area contributed by atoms with Crippen molar-refractivity contribution in [2.45, 2.75) is 33.0 Å². The predicted molar refractivity (Wildman–Crippen MR) is 98.1 cm³/mol. The fraction of sp³-hybridized carbons (Fsp3) is 0.579. The van der Waals surface area contributed by atoms with Crippen LogP contribution in [0, 0.1) is 0 Å². The third-order valence-electron chi connectivity index (χ3n) is 4.60. The molecule has 0 aromatic carbocycles. The van der Waals surface area contributed by atoms with Crippen molar-refractivity contribution in [3.63, 3.8) is 0 Å². The maximum atomic E-state index is 5.43. The monoisotopic (exact) mass is 343 g/mol. The van der Waals surface area contributed by atoms with E-state index in [1.54, 1.807) is 0 Å². The number of pyridine rings is 1. The van der Waals surface area contributed by atoms with Crippen molar-refractivity contribution in [2.75, 3.05) is 39.4 Å². The molecule has 136 valence electrons. The topological polar surface area (TPSA) is 46.4 Å². The number of hydrogen-bond donors (Lipinski definition) is 0. The van der Waals surface area contributed by atoms with Gasteiger partial charge in [0, 0.05) is 63.4 Å². The molecule has 3 heterocycles. The van der Waals surface area contributed by atoms with Gasteiger partial charge in [0.25, 0.3) is 0 Å². The van der Waals surface area contributed by atoms with E-state index >= 15 is 0 Å². The molecule has 2 aromatic rings. The van der Waals surface area contributed by atoms with Crippen molar-refractivity contribution in [1.82, 2.24) is 24.6 Å². The molecule has 1 fully saturated rings. The number of nitrogens with zero attached hydrogens (tertiary/aromatic N) is 5. The molecule has 0 N–H and O–H groups in total. The summed E-state index contributed by atoms with van der Waals surface area (Å²) in [5.41, 5.74) is 2.54. The quantitative estimate of drug-likeness (QED) is 0.697. The minimum atomic E-state index is 0.871. The zero-order valence-corrected chi connectivity index (χ0v) is 15.2. The summed E-state index contributed by atoms with van der Waals surface area (Å²) in [5.74, 6) is 0. The molecule has 0 radical (unpaired) electrons. The lowest BCUT2D eigenvalue weighted by Gasteiger charge is -2.28. The zero-order chi connectivity index (χ0) is 17.3. The second kappa shape index (κ2) is 9.65. The molecule has 1 aliphatic heterocycles. The van der Waals surface area contributed by atoms with Gasteiger partial charge in [-0.2, -0.15) is 5.10 Å². The number of hydrogen-bond acceptors (Lipinski definition) is 5. The van der Waals surface area contributed by atoms with Crippen LogP contribution in [0.2, 0.25) is 0 Å². The largest absolute Gasteiger partial charge is 0.379 e. The van der Waals surface area contributed by atoms with Crippen LogP contribution >= 0.6 is 0 Å². The first kappa shape index (κ1) is 18.0. The Labute approximate surface area is 150 Å². The average molecular weight is 343 g/mol. The van der Waals surface area contributed by atoms with E-state index < -0.39 is 0 Å². The van der Waals surface area contributed by atoms with Crippen molar-refractivity contribution in [3.8, 4) is 0 Å². The Hall–Kier alpha value is -1.76. The minimum absolute atomic E-state index is 0.871. The van der Waals surface area contributed by atoms with Gasteiger partial charge in [-0.1, -0.05) is 6.07 Å². The van der Waals surface area contributed by atoms with Crippen LogP contribution in [0.25, 0.3) is 0 Å². The van der Waals surface area contributed by atoms with Crippen LogP contribution in [0.4, 0.5) is 0 Å². The molecule has 0 unspecified atom stereocenters. The molecule has 0 spiro atoms. The normalized spacial score (nSPS) is 15.8. The van der Waals surface area contributed by atoms with Gasteiger partial charge in [0.1, 0.15) is 0 Å². The molecule has 1 saturated heterocycles. The van der Waals surface area contributed by atoms with Crippen LogP contribution in [0.15, 0.2) is 36.9 Å². The van der Waals surface area contributed by atoms with Crippen molar-refractivity contribution in [1.29, 1.82) is 0 Å². The SMILES string of the molecule is CCn1cc(CN(CCCN2CCOCC2)Cc2cccnc2)cn1. The van der Waals surface area contributed by atoms with Gasteiger partial charge >= 0.3 is 0 Å². The molecule has 0 saturated carbocycles. The standard InChI is InChI=1S/C19H29N5O/c1-2-24-17-19(14-21-24)16-23(15-18-5-3-6-20-13-18)8-4-7-22-9-11-25-12-10-22/h3,5-6,13-14,17H,2,4,7-12,15-16H2,1H3. The number of rotatable bonds is 9. The van der Waals surface area contributed by atoms with Crippen LogP contribution in [-0.4, -0.2) is 64.0 Å². The summed E-state index contributed by atoms with van der Waals surface area (Å²) >= 11 is 0. The van der Waals surface area contributed by atoms with E-state index in [0.717, 1.165) is 59.0 Å². The molecule has 1 aliphatic rings. The summed E-state index contributed by atoms with van der Waals surface area (Å²) in [4.78, 5) is 9.25. The Morgan fingerprint density at radius 3 is 2.72 bits per heavy atom.